The number of benzene rings is 3. The Morgan fingerprint density at radius 3 is 2.05 bits per heavy atom. The number of hydrogen-bond acceptors (Lipinski definition) is 6. The van der Waals surface area contributed by atoms with E-state index in [1.54, 1.807) is 24.3 Å². The second-order valence-electron chi connectivity index (χ2n) is 8.79. The number of sulfone groups is 1. The molecule has 1 fully saturated rings. The second kappa shape index (κ2) is 11.2. The minimum Gasteiger partial charge on any atom is -0.382 e. The zero-order valence-electron chi connectivity index (χ0n) is 20.2. The van der Waals surface area contributed by atoms with Crippen LogP contribution in [0.1, 0.15) is 23.2 Å². The summed E-state index contributed by atoms with van der Waals surface area (Å²) in [5.41, 5.74) is -4.42. The van der Waals surface area contributed by atoms with Gasteiger partial charge in [0, 0.05) is 41.1 Å². The molecule has 208 valence electrons. The topological polar surface area (TPSA) is 113 Å². The number of rotatable bonds is 7. The lowest BCUT2D eigenvalue weighted by Crippen LogP contribution is -2.42. The molecule has 1 saturated heterocycles. The summed E-state index contributed by atoms with van der Waals surface area (Å²) < 4.78 is 89.5. The van der Waals surface area contributed by atoms with E-state index < -0.39 is 30.3 Å². The maximum atomic E-state index is 13.1. The summed E-state index contributed by atoms with van der Waals surface area (Å²) in [6.45, 7) is 0.297. The third-order valence-corrected chi connectivity index (χ3v) is 9.78. The molecule has 0 radical (unpaired) electrons. The molecular weight excluding hydrogens is 579 g/mol. The van der Waals surface area contributed by atoms with Crippen molar-refractivity contribution in [3.8, 4) is 0 Å². The normalized spacial score (nSPS) is 15.6. The number of carbonyl (C=O) groups excluding carboxylic acids is 1. The molecule has 1 amide bonds. The van der Waals surface area contributed by atoms with Gasteiger partial charge in [-0.25, -0.2) is 16.8 Å². The molecule has 0 aromatic heterocycles. The highest BCUT2D eigenvalue weighted by molar-refractivity contribution is 7.92. The molecule has 0 aliphatic carbocycles. The molecule has 1 heterocycles. The zero-order valence-corrected chi connectivity index (χ0v) is 22.5. The average Bonchev–Trinajstić information content (AvgIpc) is 2.89. The van der Waals surface area contributed by atoms with Crippen LogP contribution in [-0.2, 0) is 19.9 Å². The third kappa shape index (κ3) is 6.55. The number of alkyl halides is 3. The summed E-state index contributed by atoms with van der Waals surface area (Å²) in [6.07, 6.45) is 0.704. The van der Waals surface area contributed by atoms with Crippen molar-refractivity contribution in [2.24, 2.45) is 0 Å². The van der Waals surface area contributed by atoms with Gasteiger partial charge >= 0.3 is 5.51 Å². The Morgan fingerprint density at radius 2 is 1.46 bits per heavy atom. The Morgan fingerprint density at radius 1 is 0.846 bits per heavy atom. The van der Waals surface area contributed by atoms with E-state index in [1.807, 2.05) is 0 Å². The molecule has 1 aliphatic heterocycles. The number of nitrogens with one attached hydrogen (secondary N) is 2. The molecule has 2 N–H and O–H groups in total. The van der Waals surface area contributed by atoms with Crippen LogP contribution in [0.2, 0.25) is 5.02 Å². The smallest absolute Gasteiger partial charge is 0.382 e. The molecule has 14 heteroatoms. The van der Waals surface area contributed by atoms with E-state index in [0.29, 0.717) is 29.1 Å². The number of amides is 1. The highest BCUT2D eigenvalue weighted by atomic mass is 35.5. The number of sulfonamides is 1. The zero-order chi connectivity index (χ0) is 28.4. The third-order valence-electron chi connectivity index (χ3n) is 6.13. The predicted octanol–water partition coefficient (Wildman–Crippen LogP) is 5.15. The minimum atomic E-state index is -5.48. The summed E-state index contributed by atoms with van der Waals surface area (Å²) in [7, 11) is -9.31. The molecule has 3 aromatic carbocycles. The lowest BCUT2D eigenvalue weighted by Gasteiger charge is -2.32. The highest BCUT2D eigenvalue weighted by Gasteiger charge is 2.47. The van der Waals surface area contributed by atoms with Crippen molar-refractivity contribution in [3.05, 3.63) is 83.4 Å². The van der Waals surface area contributed by atoms with Gasteiger partial charge in [0.2, 0.25) is 10.0 Å². The van der Waals surface area contributed by atoms with E-state index >= 15 is 0 Å². The first-order valence-corrected chi connectivity index (χ1v) is 14.9. The van der Waals surface area contributed by atoms with Gasteiger partial charge in [0.1, 0.15) is 0 Å². The highest BCUT2D eigenvalue weighted by Crippen LogP contribution is 2.32. The van der Waals surface area contributed by atoms with Crippen LogP contribution >= 0.6 is 11.6 Å². The summed E-state index contributed by atoms with van der Waals surface area (Å²) >= 11 is 5.83. The Hall–Kier alpha value is -3.13. The first-order chi connectivity index (χ1) is 18.3. The molecule has 0 atom stereocenters. The van der Waals surface area contributed by atoms with Gasteiger partial charge in [-0.05, 0) is 79.6 Å². The van der Waals surface area contributed by atoms with Crippen molar-refractivity contribution in [1.82, 2.24) is 4.31 Å². The molecule has 3 aromatic rings. The lowest BCUT2D eigenvalue weighted by molar-refractivity contribution is -0.0436. The van der Waals surface area contributed by atoms with Gasteiger partial charge < -0.3 is 10.6 Å². The predicted molar refractivity (Wildman–Crippen MR) is 141 cm³/mol. The van der Waals surface area contributed by atoms with Crippen LogP contribution in [0.4, 0.5) is 24.5 Å². The van der Waals surface area contributed by atoms with Crippen LogP contribution in [0.5, 0.6) is 0 Å². The fourth-order valence-electron chi connectivity index (χ4n) is 4.03. The molecule has 1 aliphatic rings. The van der Waals surface area contributed by atoms with E-state index in [1.165, 1.54) is 40.7 Å². The van der Waals surface area contributed by atoms with Crippen LogP contribution < -0.4 is 10.6 Å². The Bertz CT molecular complexity index is 1560. The van der Waals surface area contributed by atoms with Crippen molar-refractivity contribution in [1.29, 1.82) is 0 Å². The summed E-state index contributed by atoms with van der Waals surface area (Å²) in [5, 5.41) is 6.18. The first kappa shape index (κ1) is 28.9. The summed E-state index contributed by atoms with van der Waals surface area (Å²) in [5.74, 6) is -0.376. The maximum absolute atomic E-state index is 13.1. The van der Waals surface area contributed by atoms with Gasteiger partial charge in [0.05, 0.1) is 9.79 Å². The molecule has 4 rings (SSSR count). The molecule has 0 spiro atoms. The number of carbonyl (C=O) groups is 1. The van der Waals surface area contributed by atoms with Gasteiger partial charge in [-0.2, -0.15) is 17.5 Å². The van der Waals surface area contributed by atoms with Gasteiger partial charge in [0.25, 0.3) is 15.7 Å². The molecular formula is C25H23ClF3N3O5S2. The first-order valence-electron chi connectivity index (χ1n) is 11.6. The summed E-state index contributed by atoms with van der Waals surface area (Å²) in [6, 6.07) is 16.2. The number of anilines is 2. The van der Waals surface area contributed by atoms with Crippen molar-refractivity contribution < 1.29 is 34.8 Å². The Balaban J connectivity index is 1.36. The van der Waals surface area contributed by atoms with Crippen molar-refractivity contribution in [2.75, 3.05) is 23.7 Å². The number of halogens is 4. The van der Waals surface area contributed by atoms with E-state index in [-0.39, 0.29) is 35.6 Å². The second-order valence-corrected chi connectivity index (χ2v) is 13.1. The van der Waals surface area contributed by atoms with Crippen LogP contribution in [0.3, 0.4) is 0 Å². The lowest BCUT2D eigenvalue weighted by atomic mass is 10.1. The van der Waals surface area contributed by atoms with Gasteiger partial charge in [-0.1, -0.05) is 17.7 Å². The SMILES string of the molecule is O=C(Nc1ccc(S(=O)(=O)N2CCC(Nc3cccc(S(=O)(=O)C(F)(F)F)c3)CC2)cc1)c1ccc(Cl)cc1. The largest absolute Gasteiger partial charge is 0.501 e. The minimum absolute atomic E-state index is 0.0449. The van der Waals surface area contributed by atoms with Crippen LogP contribution in [0.25, 0.3) is 0 Å². The van der Waals surface area contributed by atoms with E-state index in [9.17, 15) is 34.8 Å². The van der Waals surface area contributed by atoms with Crippen LogP contribution in [0.15, 0.2) is 82.6 Å². The number of hydrogen-bond donors (Lipinski definition) is 2. The monoisotopic (exact) mass is 601 g/mol. The van der Waals surface area contributed by atoms with Gasteiger partial charge in [-0.15, -0.1) is 0 Å². The fraction of sp³-hybridized carbons (Fsp3) is 0.240. The average molecular weight is 602 g/mol. The molecule has 39 heavy (non-hydrogen) atoms. The van der Waals surface area contributed by atoms with Crippen molar-refractivity contribution in [2.45, 2.75) is 34.2 Å². The van der Waals surface area contributed by atoms with Crippen molar-refractivity contribution >= 4 is 48.7 Å². The summed E-state index contributed by atoms with van der Waals surface area (Å²) in [4.78, 5) is 11.5. The van der Waals surface area contributed by atoms with E-state index in [0.717, 1.165) is 12.1 Å². The fourth-order valence-corrected chi connectivity index (χ4v) is 6.43. The molecule has 0 saturated carbocycles. The molecule has 0 unspecified atom stereocenters. The Kier molecular flexibility index (Phi) is 8.26. The van der Waals surface area contributed by atoms with Crippen molar-refractivity contribution in [3.63, 3.8) is 0 Å². The van der Waals surface area contributed by atoms with E-state index in [4.69, 9.17) is 11.6 Å². The van der Waals surface area contributed by atoms with Crippen LogP contribution in [-0.4, -0.2) is 51.7 Å². The van der Waals surface area contributed by atoms with E-state index in [2.05, 4.69) is 10.6 Å². The maximum Gasteiger partial charge on any atom is 0.501 e. The number of nitrogens with zero attached hydrogens (tertiary/aromatic N) is 1. The quantitative estimate of drug-likeness (QED) is 0.387. The van der Waals surface area contributed by atoms with Gasteiger partial charge in [-0.3, -0.25) is 4.79 Å². The molecule has 0 bridgehead atoms. The number of piperidine rings is 1. The Labute approximate surface area is 228 Å². The van der Waals surface area contributed by atoms with Crippen LogP contribution in [0, 0.1) is 0 Å². The van der Waals surface area contributed by atoms with Gasteiger partial charge in [0.15, 0.2) is 0 Å². The molecule has 8 nitrogen and oxygen atoms in total. The standard InChI is InChI=1S/C25H23ClF3N3O5S2/c26-18-6-4-17(5-7-18)24(33)31-19-8-10-22(11-9-19)39(36,37)32-14-12-20(13-15-32)30-21-2-1-3-23(16-21)38(34,35)25(27,28)29/h1-11,16,20,30H,12-15H2,(H,31,33).